The van der Waals surface area contributed by atoms with E-state index in [1.54, 1.807) is 18.2 Å². The minimum Gasteiger partial charge on any atom is -0.478 e. The van der Waals surface area contributed by atoms with Gasteiger partial charge in [-0.05, 0) is 42.9 Å². The highest BCUT2D eigenvalue weighted by Crippen LogP contribution is 2.40. The second-order valence-electron chi connectivity index (χ2n) is 5.44. The number of benzene rings is 1. The van der Waals surface area contributed by atoms with Crippen molar-refractivity contribution >= 4 is 17.3 Å². The second kappa shape index (κ2) is 4.19. The van der Waals surface area contributed by atoms with Crippen LogP contribution in [0.2, 0.25) is 0 Å². The molecule has 18 heavy (non-hydrogen) atoms. The van der Waals surface area contributed by atoms with Gasteiger partial charge in [0.25, 0.3) is 0 Å². The molecule has 0 bridgehead atoms. The molecule has 1 saturated heterocycles. The van der Waals surface area contributed by atoms with E-state index in [4.69, 9.17) is 5.73 Å². The van der Waals surface area contributed by atoms with Crippen molar-refractivity contribution in [3.8, 4) is 0 Å². The average Bonchev–Trinajstić information content (AvgIpc) is 2.88. The number of aromatic carboxylic acids is 1. The van der Waals surface area contributed by atoms with Gasteiger partial charge in [-0.2, -0.15) is 0 Å². The predicted molar refractivity (Wildman–Crippen MR) is 70.9 cm³/mol. The highest BCUT2D eigenvalue weighted by atomic mass is 16.4. The predicted octanol–water partition coefficient (Wildman–Crippen LogP) is 2.20. The van der Waals surface area contributed by atoms with E-state index in [9.17, 15) is 9.90 Å². The largest absolute Gasteiger partial charge is 0.478 e. The van der Waals surface area contributed by atoms with Gasteiger partial charge in [0, 0.05) is 18.8 Å². The lowest BCUT2D eigenvalue weighted by Crippen LogP contribution is -2.23. The van der Waals surface area contributed by atoms with Crippen LogP contribution in [-0.4, -0.2) is 24.2 Å². The minimum atomic E-state index is -0.873. The standard InChI is InChI=1S/C14H18N2O2/c15-11-4-5-12(14(17)18)13(6-11)16-7-9-2-1-3-10(9)8-16/h4-6,9-10H,1-3,7-8,15H2,(H,17,18). The van der Waals surface area contributed by atoms with E-state index in [0.29, 0.717) is 11.3 Å². The van der Waals surface area contributed by atoms with E-state index in [2.05, 4.69) is 4.90 Å². The first-order valence-electron chi connectivity index (χ1n) is 6.53. The summed E-state index contributed by atoms with van der Waals surface area (Å²) in [5, 5.41) is 9.25. The fraction of sp³-hybridized carbons (Fsp3) is 0.500. The molecule has 0 spiro atoms. The molecule has 3 N–H and O–H groups in total. The molecule has 2 fully saturated rings. The maximum atomic E-state index is 11.3. The number of hydrogen-bond acceptors (Lipinski definition) is 3. The number of carboxylic acids is 1. The van der Waals surface area contributed by atoms with Crippen LogP contribution < -0.4 is 10.6 Å². The Balaban J connectivity index is 1.92. The number of rotatable bonds is 2. The van der Waals surface area contributed by atoms with Crippen molar-refractivity contribution in [2.45, 2.75) is 19.3 Å². The second-order valence-corrected chi connectivity index (χ2v) is 5.44. The Hall–Kier alpha value is -1.71. The van der Waals surface area contributed by atoms with Gasteiger partial charge in [-0.3, -0.25) is 0 Å². The fourth-order valence-corrected chi connectivity index (χ4v) is 3.42. The van der Waals surface area contributed by atoms with Gasteiger partial charge in [-0.15, -0.1) is 0 Å². The molecule has 96 valence electrons. The Morgan fingerprint density at radius 1 is 1.28 bits per heavy atom. The van der Waals surface area contributed by atoms with Crippen LogP contribution in [0.5, 0.6) is 0 Å². The van der Waals surface area contributed by atoms with Crippen molar-refractivity contribution in [2.24, 2.45) is 11.8 Å². The lowest BCUT2D eigenvalue weighted by Gasteiger charge is -2.22. The Bertz CT molecular complexity index is 475. The van der Waals surface area contributed by atoms with Crippen LogP contribution in [0, 0.1) is 11.8 Å². The van der Waals surface area contributed by atoms with E-state index in [0.717, 1.165) is 30.6 Å². The molecule has 1 saturated carbocycles. The molecule has 1 aromatic rings. The van der Waals surface area contributed by atoms with Gasteiger partial charge < -0.3 is 15.7 Å². The number of nitrogens with two attached hydrogens (primary N) is 1. The van der Waals surface area contributed by atoms with Crippen LogP contribution in [0.4, 0.5) is 11.4 Å². The molecule has 2 aliphatic rings. The summed E-state index contributed by atoms with van der Waals surface area (Å²) in [5.41, 5.74) is 7.58. The Morgan fingerprint density at radius 3 is 2.56 bits per heavy atom. The van der Waals surface area contributed by atoms with Crippen LogP contribution in [0.1, 0.15) is 29.6 Å². The Morgan fingerprint density at radius 2 is 1.94 bits per heavy atom. The third kappa shape index (κ3) is 1.82. The Labute approximate surface area is 106 Å². The molecule has 1 aliphatic heterocycles. The molecule has 3 rings (SSSR count). The summed E-state index contributed by atoms with van der Waals surface area (Å²) in [7, 11) is 0. The van der Waals surface area contributed by atoms with Gasteiger partial charge >= 0.3 is 5.97 Å². The summed E-state index contributed by atoms with van der Waals surface area (Å²) < 4.78 is 0. The average molecular weight is 246 g/mol. The summed E-state index contributed by atoms with van der Waals surface area (Å²) in [6.07, 6.45) is 3.89. The lowest BCUT2D eigenvalue weighted by atomic mass is 10.0. The molecule has 4 nitrogen and oxygen atoms in total. The number of nitrogens with zero attached hydrogens (tertiary/aromatic N) is 1. The molecule has 0 aromatic heterocycles. The van der Waals surface area contributed by atoms with E-state index in [-0.39, 0.29) is 0 Å². The summed E-state index contributed by atoms with van der Waals surface area (Å²) in [5.74, 6) is 0.614. The molecule has 1 aromatic carbocycles. The highest BCUT2D eigenvalue weighted by Gasteiger charge is 2.37. The van der Waals surface area contributed by atoms with Gasteiger partial charge in [0.1, 0.15) is 0 Å². The van der Waals surface area contributed by atoms with Crippen molar-refractivity contribution in [1.29, 1.82) is 0 Å². The summed E-state index contributed by atoms with van der Waals surface area (Å²) >= 11 is 0. The SMILES string of the molecule is Nc1ccc(C(=O)O)c(N2CC3CCCC3C2)c1. The molecule has 4 heteroatoms. The van der Waals surface area contributed by atoms with Crippen molar-refractivity contribution < 1.29 is 9.90 Å². The normalized spacial score (nSPS) is 26.3. The number of carboxylic acid groups (broad SMARTS) is 1. The van der Waals surface area contributed by atoms with Gasteiger partial charge in [-0.1, -0.05) is 6.42 Å². The molecule has 1 aliphatic carbocycles. The highest BCUT2D eigenvalue weighted by molar-refractivity contribution is 5.95. The molecular formula is C14H18N2O2. The van der Waals surface area contributed by atoms with Crippen LogP contribution in [0.25, 0.3) is 0 Å². The van der Waals surface area contributed by atoms with Gasteiger partial charge in [0.15, 0.2) is 0 Å². The minimum absolute atomic E-state index is 0.365. The van der Waals surface area contributed by atoms with Gasteiger partial charge in [0.05, 0.1) is 11.3 Å². The van der Waals surface area contributed by atoms with Gasteiger partial charge in [-0.25, -0.2) is 4.79 Å². The summed E-state index contributed by atoms with van der Waals surface area (Å²) in [6.45, 7) is 1.96. The van der Waals surface area contributed by atoms with Crippen molar-refractivity contribution in [3.05, 3.63) is 23.8 Å². The zero-order valence-electron chi connectivity index (χ0n) is 10.3. The van der Waals surface area contributed by atoms with Gasteiger partial charge in [0.2, 0.25) is 0 Å². The number of nitrogen functional groups attached to an aromatic ring is 1. The molecule has 0 radical (unpaired) electrons. The topological polar surface area (TPSA) is 66.6 Å². The molecule has 1 heterocycles. The smallest absolute Gasteiger partial charge is 0.337 e. The fourth-order valence-electron chi connectivity index (χ4n) is 3.42. The van der Waals surface area contributed by atoms with Crippen molar-refractivity contribution in [3.63, 3.8) is 0 Å². The van der Waals surface area contributed by atoms with Crippen LogP contribution in [0.3, 0.4) is 0 Å². The van der Waals surface area contributed by atoms with E-state index in [1.807, 2.05) is 0 Å². The Kier molecular flexibility index (Phi) is 2.65. The number of fused-ring (bicyclic) bond motifs is 1. The van der Waals surface area contributed by atoms with Crippen molar-refractivity contribution in [1.82, 2.24) is 0 Å². The number of hydrogen-bond donors (Lipinski definition) is 2. The third-order valence-corrected chi connectivity index (χ3v) is 4.32. The third-order valence-electron chi connectivity index (χ3n) is 4.32. The number of carbonyl (C=O) groups is 1. The van der Waals surface area contributed by atoms with Crippen LogP contribution in [-0.2, 0) is 0 Å². The molecule has 2 atom stereocenters. The summed E-state index contributed by atoms with van der Waals surface area (Å²) in [4.78, 5) is 13.5. The van der Waals surface area contributed by atoms with E-state index >= 15 is 0 Å². The number of anilines is 2. The van der Waals surface area contributed by atoms with Crippen LogP contribution >= 0.6 is 0 Å². The first-order valence-corrected chi connectivity index (χ1v) is 6.53. The summed E-state index contributed by atoms with van der Waals surface area (Å²) in [6, 6.07) is 5.06. The van der Waals surface area contributed by atoms with Crippen LogP contribution in [0.15, 0.2) is 18.2 Å². The molecule has 2 unspecified atom stereocenters. The first-order chi connectivity index (χ1) is 8.65. The molecule has 0 amide bonds. The lowest BCUT2D eigenvalue weighted by molar-refractivity contribution is 0.0697. The zero-order chi connectivity index (χ0) is 12.7. The molecular weight excluding hydrogens is 228 g/mol. The quantitative estimate of drug-likeness (QED) is 0.785. The van der Waals surface area contributed by atoms with E-state index in [1.165, 1.54) is 19.3 Å². The van der Waals surface area contributed by atoms with Crippen molar-refractivity contribution in [2.75, 3.05) is 23.7 Å². The van der Waals surface area contributed by atoms with E-state index < -0.39 is 5.97 Å². The first kappa shape index (κ1) is 11.4. The monoisotopic (exact) mass is 246 g/mol. The maximum absolute atomic E-state index is 11.3. The zero-order valence-corrected chi connectivity index (χ0v) is 10.3. The maximum Gasteiger partial charge on any atom is 0.337 e.